The number of nitrogens with one attached hydrogen (secondary N) is 2. The highest BCUT2D eigenvalue weighted by atomic mass is 32.1. The molecule has 1 aliphatic heterocycles. The Morgan fingerprint density at radius 2 is 1.82 bits per heavy atom. The number of carbonyl (C=O) groups excluding carboxylic acids is 3. The lowest BCUT2D eigenvalue weighted by molar-refractivity contribution is -0.121. The molecule has 0 bridgehead atoms. The van der Waals surface area contributed by atoms with E-state index in [4.69, 9.17) is 0 Å². The molecule has 1 saturated heterocycles. The van der Waals surface area contributed by atoms with Crippen LogP contribution in [0, 0.1) is 5.82 Å². The minimum absolute atomic E-state index is 0.0502. The van der Waals surface area contributed by atoms with Gasteiger partial charge in [-0.2, -0.15) is 0 Å². The maximum atomic E-state index is 13.9. The number of amides is 3. The van der Waals surface area contributed by atoms with Gasteiger partial charge in [0.1, 0.15) is 5.82 Å². The number of hydrogen-bond acceptors (Lipinski definition) is 6. The van der Waals surface area contributed by atoms with Gasteiger partial charge in [0.2, 0.25) is 11.8 Å². The summed E-state index contributed by atoms with van der Waals surface area (Å²) in [5.74, 6) is -1.15. The summed E-state index contributed by atoms with van der Waals surface area (Å²) in [7, 11) is 0. The summed E-state index contributed by atoms with van der Waals surface area (Å²) < 4.78 is 13.9. The molecule has 0 aliphatic carbocycles. The highest BCUT2D eigenvalue weighted by Gasteiger charge is 2.26. The van der Waals surface area contributed by atoms with Crippen LogP contribution in [0.3, 0.4) is 0 Å². The number of thiophene rings is 1. The van der Waals surface area contributed by atoms with Crippen molar-refractivity contribution in [2.45, 2.75) is 31.7 Å². The number of anilines is 1. The van der Waals surface area contributed by atoms with Crippen LogP contribution in [0.25, 0.3) is 0 Å². The Hall–Kier alpha value is -3.11. The molecule has 7 nitrogen and oxygen atoms in total. The molecule has 0 saturated carbocycles. The zero-order valence-corrected chi connectivity index (χ0v) is 19.4. The second-order valence-electron chi connectivity index (χ2n) is 7.74. The van der Waals surface area contributed by atoms with Crippen molar-refractivity contribution in [1.29, 1.82) is 0 Å². The molecule has 3 aromatic rings. The summed E-state index contributed by atoms with van der Waals surface area (Å²) in [4.78, 5) is 44.0. The Balaban J connectivity index is 1.21. The van der Waals surface area contributed by atoms with Crippen molar-refractivity contribution < 1.29 is 18.8 Å². The van der Waals surface area contributed by atoms with Gasteiger partial charge in [-0.3, -0.25) is 14.4 Å². The molecule has 1 aromatic carbocycles. The van der Waals surface area contributed by atoms with E-state index in [1.165, 1.54) is 34.8 Å². The number of aromatic nitrogens is 1. The van der Waals surface area contributed by atoms with Gasteiger partial charge in [-0.05, 0) is 36.4 Å². The lowest BCUT2D eigenvalue weighted by atomic mass is 10.0. The first-order valence-electron chi connectivity index (χ1n) is 10.6. The minimum atomic E-state index is -0.525. The number of likely N-dealkylation sites (tertiary alicyclic amines) is 1. The van der Waals surface area contributed by atoms with Crippen molar-refractivity contribution in [3.63, 3.8) is 0 Å². The molecule has 2 N–H and O–H groups in total. The number of halogens is 1. The van der Waals surface area contributed by atoms with E-state index in [2.05, 4.69) is 15.6 Å². The predicted octanol–water partition coefficient (Wildman–Crippen LogP) is 3.49. The first kappa shape index (κ1) is 23.1. The van der Waals surface area contributed by atoms with Crippen LogP contribution in [-0.4, -0.2) is 46.7 Å². The second kappa shape index (κ2) is 10.7. The summed E-state index contributed by atoms with van der Waals surface area (Å²) in [6.07, 6.45) is 1.62. The van der Waals surface area contributed by atoms with E-state index in [1.54, 1.807) is 22.4 Å². The van der Waals surface area contributed by atoms with Crippen LogP contribution >= 0.6 is 22.7 Å². The molecule has 1 fully saturated rings. The van der Waals surface area contributed by atoms with Gasteiger partial charge in [0.05, 0.1) is 24.1 Å². The summed E-state index contributed by atoms with van der Waals surface area (Å²) in [5, 5.41) is 9.91. The molecule has 4 rings (SSSR count). The maximum Gasteiger partial charge on any atom is 0.256 e. The van der Waals surface area contributed by atoms with Crippen molar-refractivity contribution in [2.24, 2.45) is 0 Å². The first-order valence-corrected chi connectivity index (χ1v) is 12.3. The average molecular weight is 487 g/mol. The average Bonchev–Trinajstić information content (AvgIpc) is 3.46. The number of hydrogen-bond donors (Lipinski definition) is 2. The fourth-order valence-electron chi connectivity index (χ4n) is 3.66. The summed E-state index contributed by atoms with van der Waals surface area (Å²) >= 11 is 2.81. The lowest BCUT2D eigenvalue weighted by Crippen LogP contribution is -2.47. The van der Waals surface area contributed by atoms with Gasteiger partial charge >= 0.3 is 0 Å². The topological polar surface area (TPSA) is 91.4 Å². The Morgan fingerprint density at radius 1 is 1.03 bits per heavy atom. The predicted molar refractivity (Wildman–Crippen MR) is 126 cm³/mol. The van der Waals surface area contributed by atoms with E-state index >= 15 is 0 Å². The van der Waals surface area contributed by atoms with Crippen LogP contribution < -0.4 is 10.6 Å². The van der Waals surface area contributed by atoms with Crippen LogP contribution in [0.15, 0.2) is 47.2 Å². The van der Waals surface area contributed by atoms with E-state index in [-0.39, 0.29) is 35.7 Å². The van der Waals surface area contributed by atoms with Crippen molar-refractivity contribution in [3.05, 3.63) is 69.1 Å². The molecule has 3 amide bonds. The molecule has 0 unspecified atom stereocenters. The molecule has 3 heterocycles. The van der Waals surface area contributed by atoms with Crippen molar-refractivity contribution in [1.82, 2.24) is 15.2 Å². The van der Waals surface area contributed by atoms with E-state index in [9.17, 15) is 18.8 Å². The third-order valence-corrected chi connectivity index (χ3v) is 6.99. The normalized spacial score (nSPS) is 14.2. The number of thiazole rings is 1. The van der Waals surface area contributed by atoms with Gasteiger partial charge in [-0.15, -0.1) is 22.7 Å². The third-order valence-electron chi connectivity index (χ3n) is 5.31. The number of carbonyl (C=O) groups is 3. The monoisotopic (exact) mass is 486 g/mol. The SMILES string of the molecule is O=C(Cc1cccs1)Nc1nc(CC(=O)NC2CCN(C(=O)c3ccccc3F)CC2)cs1. The van der Waals surface area contributed by atoms with Crippen LogP contribution in [0.1, 0.15) is 33.8 Å². The van der Waals surface area contributed by atoms with E-state index < -0.39 is 5.82 Å². The number of benzene rings is 1. The molecule has 172 valence electrons. The number of nitrogens with zero attached hydrogens (tertiary/aromatic N) is 2. The zero-order valence-electron chi connectivity index (χ0n) is 17.8. The summed E-state index contributed by atoms with van der Waals surface area (Å²) in [6.45, 7) is 0.907. The molecule has 10 heteroatoms. The van der Waals surface area contributed by atoms with Gasteiger partial charge in [0, 0.05) is 29.4 Å². The zero-order chi connectivity index (χ0) is 23.2. The summed E-state index contributed by atoms with van der Waals surface area (Å²) in [6, 6.07) is 9.71. The molecule has 33 heavy (non-hydrogen) atoms. The highest BCUT2D eigenvalue weighted by Crippen LogP contribution is 2.19. The number of rotatable bonds is 7. The lowest BCUT2D eigenvalue weighted by Gasteiger charge is -2.32. The minimum Gasteiger partial charge on any atom is -0.353 e. The van der Waals surface area contributed by atoms with Crippen LogP contribution in [0.4, 0.5) is 9.52 Å². The van der Waals surface area contributed by atoms with Gasteiger partial charge in [0.25, 0.3) is 5.91 Å². The van der Waals surface area contributed by atoms with Crippen LogP contribution in [-0.2, 0) is 22.4 Å². The van der Waals surface area contributed by atoms with Crippen molar-refractivity contribution in [2.75, 3.05) is 18.4 Å². The second-order valence-corrected chi connectivity index (χ2v) is 9.63. The highest BCUT2D eigenvalue weighted by molar-refractivity contribution is 7.14. The largest absolute Gasteiger partial charge is 0.353 e. The Kier molecular flexibility index (Phi) is 7.46. The molecule has 1 aliphatic rings. The fraction of sp³-hybridized carbons (Fsp3) is 0.304. The molecular formula is C23H23FN4O3S2. The smallest absolute Gasteiger partial charge is 0.256 e. The Morgan fingerprint density at radius 3 is 2.55 bits per heavy atom. The number of piperidine rings is 1. The molecule has 0 spiro atoms. The standard InChI is InChI=1S/C23H23FN4O3S2/c24-19-6-2-1-5-18(19)22(31)28-9-7-15(8-10-28)25-20(29)12-16-14-33-23(26-16)27-21(30)13-17-4-3-11-32-17/h1-6,11,14-15H,7-10,12-13H2,(H,25,29)(H,26,27,30). The first-order chi connectivity index (χ1) is 16.0. The molecule has 2 aromatic heterocycles. The Labute approximate surface area is 198 Å². The molecule has 0 atom stereocenters. The summed E-state index contributed by atoms with van der Waals surface area (Å²) in [5.41, 5.74) is 0.665. The van der Waals surface area contributed by atoms with Gasteiger partial charge < -0.3 is 15.5 Å². The van der Waals surface area contributed by atoms with E-state index in [0.29, 0.717) is 43.2 Å². The Bertz CT molecular complexity index is 1120. The van der Waals surface area contributed by atoms with Crippen molar-refractivity contribution >= 4 is 45.5 Å². The van der Waals surface area contributed by atoms with E-state index in [1.807, 2.05) is 17.5 Å². The van der Waals surface area contributed by atoms with Crippen LogP contribution in [0.2, 0.25) is 0 Å². The maximum absolute atomic E-state index is 13.9. The third kappa shape index (κ3) is 6.23. The van der Waals surface area contributed by atoms with Gasteiger partial charge in [-0.1, -0.05) is 18.2 Å². The molecule has 0 radical (unpaired) electrons. The van der Waals surface area contributed by atoms with E-state index in [0.717, 1.165) is 4.88 Å². The quantitative estimate of drug-likeness (QED) is 0.535. The fourth-order valence-corrected chi connectivity index (χ4v) is 5.09. The van der Waals surface area contributed by atoms with Gasteiger partial charge in [0.15, 0.2) is 5.13 Å². The molecular weight excluding hydrogens is 463 g/mol. The van der Waals surface area contributed by atoms with Gasteiger partial charge in [-0.25, -0.2) is 9.37 Å². The van der Waals surface area contributed by atoms with Crippen molar-refractivity contribution in [3.8, 4) is 0 Å². The van der Waals surface area contributed by atoms with Crippen LogP contribution in [0.5, 0.6) is 0 Å².